The molecule has 0 spiro atoms. The summed E-state index contributed by atoms with van der Waals surface area (Å²) < 4.78 is 0. The number of benzene rings is 1. The molecule has 1 saturated carbocycles. The molecule has 8 heteroatoms. The van der Waals surface area contributed by atoms with E-state index in [4.69, 9.17) is 28.9 Å². The van der Waals surface area contributed by atoms with Crippen molar-refractivity contribution in [3.63, 3.8) is 0 Å². The van der Waals surface area contributed by atoms with E-state index in [1.54, 1.807) is 6.07 Å². The lowest BCUT2D eigenvalue weighted by Crippen LogP contribution is -2.51. The second kappa shape index (κ2) is 9.81. The number of nitrogens with two attached hydrogens (primary N) is 1. The lowest BCUT2D eigenvalue weighted by Gasteiger charge is -2.38. The molecule has 1 aliphatic carbocycles. The lowest BCUT2D eigenvalue weighted by molar-refractivity contribution is -0.139. The summed E-state index contributed by atoms with van der Waals surface area (Å²) in [6, 6.07) is 5.36. The average molecular weight is 426 g/mol. The molecule has 2 aliphatic rings. The van der Waals surface area contributed by atoms with Crippen molar-refractivity contribution in [1.29, 1.82) is 0 Å². The summed E-state index contributed by atoms with van der Waals surface area (Å²) in [6.45, 7) is 6.88. The van der Waals surface area contributed by atoms with Crippen LogP contribution in [0.15, 0.2) is 23.2 Å². The number of halogens is 2. The average Bonchev–Trinajstić information content (AvgIpc) is 2.60. The number of rotatable bonds is 6. The molecule has 1 saturated heterocycles. The molecule has 0 aromatic heterocycles. The van der Waals surface area contributed by atoms with E-state index in [0.29, 0.717) is 28.5 Å². The number of hydrogen-bond donors (Lipinski definition) is 2. The Morgan fingerprint density at radius 3 is 2.61 bits per heavy atom. The van der Waals surface area contributed by atoms with Crippen LogP contribution in [0.2, 0.25) is 10.0 Å². The van der Waals surface area contributed by atoms with E-state index in [9.17, 15) is 4.79 Å². The highest BCUT2D eigenvalue weighted by atomic mass is 35.5. The number of aliphatic imine (C=N–C) groups is 1. The molecule has 154 valence electrons. The Labute approximate surface area is 177 Å². The summed E-state index contributed by atoms with van der Waals surface area (Å²) >= 11 is 12.2. The third-order valence-electron chi connectivity index (χ3n) is 5.63. The Kier molecular flexibility index (Phi) is 7.43. The Bertz CT molecular complexity index is 715. The van der Waals surface area contributed by atoms with E-state index in [1.165, 1.54) is 6.42 Å². The maximum absolute atomic E-state index is 12.3. The van der Waals surface area contributed by atoms with Crippen molar-refractivity contribution in [3.8, 4) is 0 Å². The van der Waals surface area contributed by atoms with Crippen molar-refractivity contribution in [2.75, 3.05) is 39.3 Å². The van der Waals surface area contributed by atoms with Crippen LogP contribution in [0, 0.1) is 5.92 Å². The Balaban J connectivity index is 1.39. The molecule has 1 aromatic rings. The van der Waals surface area contributed by atoms with Gasteiger partial charge in [-0.3, -0.25) is 14.7 Å². The quantitative estimate of drug-likeness (QED) is 0.542. The third kappa shape index (κ3) is 5.52. The standard InChI is InChI=1S/C20H29Cl2N5O/c1-14(17-6-5-16(21)13-18(17)22)25-20(23)24-7-8-26-9-11-27(12-10-26)19(28)15-3-2-4-15/h5-6,13-15H,2-4,7-12H2,1H3,(H3,23,24,25). The van der Waals surface area contributed by atoms with Gasteiger partial charge in [-0.05, 0) is 37.5 Å². The zero-order valence-corrected chi connectivity index (χ0v) is 17.8. The van der Waals surface area contributed by atoms with Crippen LogP contribution in [0.25, 0.3) is 0 Å². The molecule has 1 aliphatic heterocycles. The van der Waals surface area contributed by atoms with Crippen molar-refractivity contribution in [2.24, 2.45) is 16.6 Å². The second-order valence-corrected chi connectivity index (χ2v) is 8.44. The molecular formula is C20H29Cl2N5O. The number of carbonyl (C=O) groups is 1. The number of amides is 1. The first-order valence-corrected chi connectivity index (χ1v) is 10.7. The van der Waals surface area contributed by atoms with Crippen molar-refractivity contribution in [1.82, 2.24) is 15.1 Å². The van der Waals surface area contributed by atoms with E-state index in [1.807, 2.05) is 24.0 Å². The molecule has 1 aromatic carbocycles. The Morgan fingerprint density at radius 1 is 1.29 bits per heavy atom. The fraction of sp³-hybridized carbons (Fsp3) is 0.600. The summed E-state index contributed by atoms with van der Waals surface area (Å²) in [5.74, 6) is 1.04. The van der Waals surface area contributed by atoms with Gasteiger partial charge in [0.2, 0.25) is 5.91 Å². The first-order valence-electron chi connectivity index (χ1n) is 9.96. The Morgan fingerprint density at radius 2 is 2.00 bits per heavy atom. The van der Waals surface area contributed by atoms with Gasteiger partial charge in [0.05, 0.1) is 12.6 Å². The van der Waals surface area contributed by atoms with E-state index >= 15 is 0 Å². The number of guanidine groups is 1. The molecule has 0 bridgehead atoms. The molecule has 1 heterocycles. The topological polar surface area (TPSA) is 74.0 Å². The Hall–Kier alpha value is -1.50. The summed E-state index contributed by atoms with van der Waals surface area (Å²) in [6.07, 6.45) is 3.34. The monoisotopic (exact) mass is 425 g/mol. The molecule has 28 heavy (non-hydrogen) atoms. The summed E-state index contributed by atoms with van der Waals surface area (Å²) in [5.41, 5.74) is 6.95. The van der Waals surface area contributed by atoms with Crippen LogP contribution >= 0.6 is 23.2 Å². The van der Waals surface area contributed by atoms with Gasteiger partial charge < -0.3 is 16.0 Å². The van der Waals surface area contributed by atoms with E-state index in [0.717, 1.165) is 51.1 Å². The van der Waals surface area contributed by atoms with E-state index in [2.05, 4.69) is 15.2 Å². The SMILES string of the molecule is CC(NC(N)=NCCN1CCN(C(=O)C2CCC2)CC1)c1ccc(Cl)cc1Cl. The maximum Gasteiger partial charge on any atom is 0.225 e. The fourth-order valence-corrected chi connectivity index (χ4v) is 4.19. The zero-order valence-electron chi connectivity index (χ0n) is 16.3. The molecule has 3 rings (SSSR count). The normalized spacial score (nSPS) is 20.0. The van der Waals surface area contributed by atoms with Crippen LogP contribution in [0.3, 0.4) is 0 Å². The minimum absolute atomic E-state index is 0.0606. The van der Waals surface area contributed by atoms with Gasteiger partial charge in [-0.1, -0.05) is 35.7 Å². The van der Waals surface area contributed by atoms with Crippen LogP contribution in [0.4, 0.5) is 0 Å². The molecule has 0 radical (unpaired) electrons. The molecule has 1 unspecified atom stereocenters. The van der Waals surface area contributed by atoms with Crippen molar-refractivity contribution in [3.05, 3.63) is 33.8 Å². The second-order valence-electron chi connectivity index (χ2n) is 7.59. The first kappa shape index (κ1) is 21.2. The van der Waals surface area contributed by atoms with Gasteiger partial charge in [-0.2, -0.15) is 0 Å². The maximum atomic E-state index is 12.3. The number of carbonyl (C=O) groups excluding carboxylic acids is 1. The number of piperazine rings is 1. The molecule has 3 N–H and O–H groups in total. The zero-order chi connectivity index (χ0) is 20.1. The highest BCUT2D eigenvalue weighted by Gasteiger charge is 2.30. The number of hydrogen-bond acceptors (Lipinski definition) is 3. The van der Waals surface area contributed by atoms with Crippen LogP contribution in [0.1, 0.15) is 37.8 Å². The number of nitrogens with zero attached hydrogens (tertiary/aromatic N) is 3. The number of nitrogens with one attached hydrogen (secondary N) is 1. The van der Waals surface area contributed by atoms with Gasteiger partial charge in [0.25, 0.3) is 0 Å². The molecule has 1 atom stereocenters. The molecule has 6 nitrogen and oxygen atoms in total. The first-order chi connectivity index (χ1) is 13.4. The van der Waals surface area contributed by atoms with Gasteiger partial charge in [0.1, 0.15) is 0 Å². The van der Waals surface area contributed by atoms with Gasteiger partial charge in [0.15, 0.2) is 5.96 Å². The van der Waals surface area contributed by atoms with Gasteiger partial charge >= 0.3 is 0 Å². The van der Waals surface area contributed by atoms with Crippen LogP contribution < -0.4 is 11.1 Å². The van der Waals surface area contributed by atoms with Crippen molar-refractivity contribution < 1.29 is 4.79 Å². The van der Waals surface area contributed by atoms with E-state index < -0.39 is 0 Å². The smallest absolute Gasteiger partial charge is 0.225 e. The molecule has 2 fully saturated rings. The summed E-state index contributed by atoms with van der Waals surface area (Å²) in [5, 5.41) is 4.38. The molecular weight excluding hydrogens is 397 g/mol. The van der Waals surface area contributed by atoms with Crippen LogP contribution in [0.5, 0.6) is 0 Å². The van der Waals surface area contributed by atoms with Crippen LogP contribution in [-0.4, -0.2) is 60.9 Å². The van der Waals surface area contributed by atoms with Crippen molar-refractivity contribution in [2.45, 2.75) is 32.2 Å². The fourth-order valence-electron chi connectivity index (χ4n) is 3.62. The largest absolute Gasteiger partial charge is 0.370 e. The highest BCUT2D eigenvalue weighted by Crippen LogP contribution is 2.28. The van der Waals surface area contributed by atoms with Gasteiger partial charge in [-0.15, -0.1) is 0 Å². The van der Waals surface area contributed by atoms with Crippen molar-refractivity contribution >= 4 is 35.1 Å². The lowest BCUT2D eigenvalue weighted by atomic mass is 9.84. The predicted molar refractivity (Wildman–Crippen MR) is 115 cm³/mol. The van der Waals surface area contributed by atoms with Gasteiger partial charge in [-0.25, -0.2) is 0 Å². The predicted octanol–water partition coefficient (Wildman–Crippen LogP) is 2.90. The minimum Gasteiger partial charge on any atom is -0.370 e. The minimum atomic E-state index is -0.0606. The highest BCUT2D eigenvalue weighted by molar-refractivity contribution is 6.35. The molecule has 1 amide bonds. The third-order valence-corrected chi connectivity index (χ3v) is 6.19. The van der Waals surface area contributed by atoms with Gasteiger partial charge in [0, 0.05) is 48.7 Å². The summed E-state index contributed by atoms with van der Waals surface area (Å²) in [4.78, 5) is 21.1. The van der Waals surface area contributed by atoms with Crippen LogP contribution in [-0.2, 0) is 4.79 Å². The van der Waals surface area contributed by atoms with E-state index in [-0.39, 0.29) is 12.0 Å². The summed E-state index contributed by atoms with van der Waals surface area (Å²) in [7, 11) is 0.